The van der Waals surface area contributed by atoms with Crippen molar-refractivity contribution in [1.29, 1.82) is 0 Å². The van der Waals surface area contributed by atoms with Gasteiger partial charge in [0.25, 0.3) is 0 Å². The number of pyridine rings is 1. The SMILES string of the molecule is Cc1ccc(S(=O)(=O)N[C@@H](C)CN)cn1. The van der Waals surface area contributed by atoms with Crippen LogP contribution in [0.5, 0.6) is 0 Å². The summed E-state index contributed by atoms with van der Waals surface area (Å²) in [6, 6.07) is 2.89. The zero-order valence-corrected chi connectivity index (χ0v) is 9.58. The van der Waals surface area contributed by atoms with Crippen LogP contribution in [0.1, 0.15) is 12.6 Å². The van der Waals surface area contributed by atoms with E-state index in [2.05, 4.69) is 9.71 Å². The van der Waals surface area contributed by atoms with Crippen molar-refractivity contribution in [3.8, 4) is 0 Å². The smallest absolute Gasteiger partial charge is 0.242 e. The van der Waals surface area contributed by atoms with Gasteiger partial charge in [0.05, 0.1) is 0 Å². The molecular weight excluding hydrogens is 214 g/mol. The van der Waals surface area contributed by atoms with Crippen LogP contribution in [0, 0.1) is 6.92 Å². The van der Waals surface area contributed by atoms with Gasteiger partial charge in [-0.15, -0.1) is 0 Å². The number of hydrogen-bond acceptors (Lipinski definition) is 4. The molecule has 84 valence electrons. The number of rotatable bonds is 4. The van der Waals surface area contributed by atoms with Gasteiger partial charge in [0.2, 0.25) is 10.0 Å². The number of aromatic nitrogens is 1. The van der Waals surface area contributed by atoms with E-state index >= 15 is 0 Å². The van der Waals surface area contributed by atoms with Crippen LogP contribution in [0.25, 0.3) is 0 Å². The molecule has 5 nitrogen and oxygen atoms in total. The Balaban J connectivity index is 2.91. The third kappa shape index (κ3) is 3.26. The van der Waals surface area contributed by atoms with Crippen molar-refractivity contribution < 1.29 is 8.42 Å². The molecule has 0 aliphatic heterocycles. The fourth-order valence-electron chi connectivity index (χ4n) is 0.994. The van der Waals surface area contributed by atoms with E-state index in [4.69, 9.17) is 5.73 Å². The van der Waals surface area contributed by atoms with Crippen LogP contribution in [-0.2, 0) is 10.0 Å². The fourth-order valence-corrected chi connectivity index (χ4v) is 2.19. The molecule has 0 aromatic carbocycles. The van der Waals surface area contributed by atoms with Crippen molar-refractivity contribution in [3.63, 3.8) is 0 Å². The number of hydrogen-bond donors (Lipinski definition) is 2. The summed E-state index contributed by atoms with van der Waals surface area (Å²) in [5.74, 6) is 0. The van der Waals surface area contributed by atoms with Gasteiger partial charge >= 0.3 is 0 Å². The summed E-state index contributed by atoms with van der Waals surface area (Å²) in [7, 11) is -3.48. The maximum absolute atomic E-state index is 11.7. The lowest BCUT2D eigenvalue weighted by Gasteiger charge is -2.11. The van der Waals surface area contributed by atoms with Crippen molar-refractivity contribution in [3.05, 3.63) is 24.0 Å². The summed E-state index contributed by atoms with van der Waals surface area (Å²) in [6.45, 7) is 3.77. The first-order chi connectivity index (χ1) is 6.95. The minimum Gasteiger partial charge on any atom is -0.329 e. The molecule has 0 aliphatic rings. The summed E-state index contributed by atoms with van der Waals surface area (Å²) in [4.78, 5) is 4.09. The lowest BCUT2D eigenvalue weighted by Crippen LogP contribution is -2.37. The molecule has 1 atom stereocenters. The second kappa shape index (κ2) is 4.69. The van der Waals surface area contributed by atoms with E-state index in [0.717, 1.165) is 5.69 Å². The Bertz CT molecular complexity index is 413. The van der Waals surface area contributed by atoms with Crippen LogP contribution in [0.15, 0.2) is 23.2 Å². The van der Waals surface area contributed by atoms with Crippen molar-refractivity contribution in [2.24, 2.45) is 5.73 Å². The summed E-state index contributed by atoms with van der Waals surface area (Å²) in [5.41, 5.74) is 6.12. The first-order valence-corrected chi connectivity index (χ1v) is 6.09. The van der Waals surface area contributed by atoms with Crippen LogP contribution in [-0.4, -0.2) is 26.0 Å². The number of nitrogens with zero attached hydrogens (tertiary/aromatic N) is 1. The van der Waals surface area contributed by atoms with Gasteiger partial charge in [-0.25, -0.2) is 13.1 Å². The molecular formula is C9H15N3O2S. The molecule has 0 radical (unpaired) electrons. The maximum atomic E-state index is 11.7. The molecule has 0 saturated heterocycles. The summed E-state index contributed by atoms with van der Waals surface area (Å²) < 4.78 is 25.9. The normalized spacial score (nSPS) is 13.8. The molecule has 6 heteroatoms. The van der Waals surface area contributed by atoms with Gasteiger partial charge in [-0.1, -0.05) is 0 Å². The molecule has 1 aromatic rings. The molecule has 1 heterocycles. The van der Waals surface area contributed by atoms with Crippen molar-refractivity contribution in [2.45, 2.75) is 24.8 Å². The van der Waals surface area contributed by atoms with Gasteiger partial charge in [-0.3, -0.25) is 4.98 Å². The molecule has 0 spiro atoms. The largest absolute Gasteiger partial charge is 0.329 e. The average molecular weight is 229 g/mol. The van der Waals surface area contributed by atoms with E-state index in [9.17, 15) is 8.42 Å². The summed E-state index contributed by atoms with van der Waals surface area (Å²) >= 11 is 0. The monoisotopic (exact) mass is 229 g/mol. The van der Waals surface area contributed by atoms with E-state index in [1.807, 2.05) is 0 Å². The average Bonchev–Trinajstić information content (AvgIpc) is 2.17. The quantitative estimate of drug-likeness (QED) is 0.762. The van der Waals surface area contributed by atoms with Crippen LogP contribution in [0.2, 0.25) is 0 Å². The van der Waals surface area contributed by atoms with Gasteiger partial charge in [0.1, 0.15) is 4.90 Å². The highest BCUT2D eigenvalue weighted by molar-refractivity contribution is 7.89. The first kappa shape index (κ1) is 12.1. The topological polar surface area (TPSA) is 85.1 Å². The van der Waals surface area contributed by atoms with Gasteiger partial charge in [0, 0.05) is 24.5 Å². The molecule has 0 fully saturated rings. The number of sulfonamides is 1. The Morgan fingerprint density at radius 3 is 2.67 bits per heavy atom. The van der Waals surface area contributed by atoms with E-state index in [1.54, 1.807) is 19.9 Å². The van der Waals surface area contributed by atoms with E-state index in [-0.39, 0.29) is 17.5 Å². The number of nitrogens with two attached hydrogens (primary N) is 1. The van der Waals surface area contributed by atoms with Crippen LogP contribution in [0.3, 0.4) is 0 Å². The number of nitrogens with one attached hydrogen (secondary N) is 1. The Morgan fingerprint density at radius 2 is 2.20 bits per heavy atom. The van der Waals surface area contributed by atoms with Gasteiger partial charge in [-0.05, 0) is 26.0 Å². The van der Waals surface area contributed by atoms with E-state index in [0.29, 0.717) is 0 Å². The van der Waals surface area contributed by atoms with Gasteiger partial charge < -0.3 is 5.73 Å². The second-order valence-electron chi connectivity index (χ2n) is 3.39. The highest BCUT2D eigenvalue weighted by Crippen LogP contribution is 2.07. The third-order valence-corrected chi connectivity index (χ3v) is 3.48. The Morgan fingerprint density at radius 1 is 1.53 bits per heavy atom. The minimum absolute atomic E-state index is 0.161. The fraction of sp³-hybridized carbons (Fsp3) is 0.444. The Hall–Kier alpha value is -0.980. The zero-order chi connectivity index (χ0) is 11.5. The Labute approximate surface area is 89.8 Å². The van der Waals surface area contributed by atoms with Crippen molar-refractivity contribution in [1.82, 2.24) is 9.71 Å². The van der Waals surface area contributed by atoms with Gasteiger partial charge in [-0.2, -0.15) is 0 Å². The molecule has 0 aliphatic carbocycles. The molecule has 0 amide bonds. The lowest BCUT2D eigenvalue weighted by atomic mass is 10.4. The molecule has 0 saturated carbocycles. The third-order valence-electron chi connectivity index (χ3n) is 1.90. The molecule has 15 heavy (non-hydrogen) atoms. The maximum Gasteiger partial charge on any atom is 0.242 e. The highest BCUT2D eigenvalue weighted by atomic mass is 32.2. The first-order valence-electron chi connectivity index (χ1n) is 4.61. The van der Waals surface area contributed by atoms with E-state index in [1.165, 1.54) is 12.3 Å². The minimum atomic E-state index is -3.48. The van der Waals surface area contributed by atoms with Gasteiger partial charge in [0.15, 0.2) is 0 Å². The highest BCUT2D eigenvalue weighted by Gasteiger charge is 2.16. The summed E-state index contributed by atoms with van der Waals surface area (Å²) in [5, 5.41) is 0. The zero-order valence-electron chi connectivity index (χ0n) is 8.77. The van der Waals surface area contributed by atoms with E-state index < -0.39 is 10.0 Å². The predicted molar refractivity (Wildman–Crippen MR) is 57.8 cm³/mol. The lowest BCUT2D eigenvalue weighted by molar-refractivity contribution is 0.562. The van der Waals surface area contributed by atoms with Crippen LogP contribution < -0.4 is 10.5 Å². The molecule has 0 unspecified atom stereocenters. The standard InChI is InChI=1S/C9H15N3O2S/c1-7-3-4-9(6-11-7)15(13,14)12-8(2)5-10/h3-4,6,8,12H,5,10H2,1-2H3/t8-/m0/s1. The molecule has 1 rings (SSSR count). The van der Waals surface area contributed by atoms with Crippen molar-refractivity contribution >= 4 is 10.0 Å². The second-order valence-corrected chi connectivity index (χ2v) is 5.11. The van der Waals surface area contributed by atoms with Crippen LogP contribution >= 0.6 is 0 Å². The molecule has 3 N–H and O–H groups in total. The Kier molecular flexibility index (Phi) is 3.78. The molecule has 1 aromatic heterocycles. The predicted octanol–water partition coefficient (Wildman–Crippen LogP) is 0.0155. The number of aryl methyl sites for hydroxylation is 1. The van der Waals surface area contributed by atoms with Crippen molar-refractivity contribution in [2.75, 3.05) is 6.54 Å². The molecule has 0 bridgehead atoms. The van der Waals surface area contributed by atoms with Crippen LogP contribution in [0.4, 0.5) is 0 Å². The summed E-state index contributed by atoms with van der Waals surface area (Å²) in [6.07, 6.45) is 1.33.